The molecule has 0 aliphatic carbocycles. The van der Waals surface area contributed by atoms with Crippen LogP contribution in [0.3, 0.4) is 0 Å². The van der Waals surface area contributed by atoms with E-state index in [0.717, 1.165) is 43.7 Å². The molecule has 0 spiro atoms. The lowest BCUT2D eigenvalue weighted by atomic mass is 10.1. The Bertz CT molecular complexity index is 1430. The second-order valence-electron chi connectivity index (χ2n) is 7.78. The first-order chi connectivity index (χ1) is 16.5. The number of methoxy groups -OCH3 is 3. The first kappa shape index (κ1) is 23.3. The van der Waals surface area contributed by atoms with Crippen LogP contribution in [0, 0.1) is 0 Å². The lowest BCUT2D eigenvalue weighted by Gasteiger charge is -2.08. The molecule has 0 atom stereocenters. The van der Waals surface area contributed by atoms with Gasteiger partial charge < -0.3 is 14.2 Å². The predicted molar refractivity (Wildman–Crippen MR) is 140 cm³/mol. The summed E-state index contributed by atoms with van der Waals surface area (Å²) in [6, 6.07) is 18.1. The van der Waals surface area contributed by atoms with Crippen LogP contribution in [0.4, 0.5) is 0 Å². The van der Waals surface area contributed by atoms with Crippen LogP contribution in [0.2, 0.25) is 0 Å². The number of hydrogen-bond acceptors (Lipinski definition) is 6. The Morgan fingerprint density at radius 2 is 1.71 bits per heavy atom. The van der Waals surface area contributed by atoms with E-state index in [2.05, 4.69) is 36.2 Å². The molecule has 0 aliphatic heterocycles. The van der Waals surface area contributed by atoms with Crippen LogP contribution in [-0.4, -0.2) is 38.8 Å². The summed E-state index contributed by atoms with van der Waals surface area (Å²) in [4.78, 5) is 5.51. The zero-order chi connectivity index (χ0) is 24.1. The van der Waals surface area contributed by atoms with Gasteiger partial charge in [0, 0.05) is 10.9 Å². The van der Waals surface area contributed by atoms with Gasteiger partial charge in [0.25, 0.3) is 0 Å². The summed E-state index contributed by atoms with van der Waals surface area (Å²) in [6.45, 7) is 6.48. The molecule has 0 N–H and O–H groups in total. The maximum atomic E-state index is 5.42. The monoisotopic (exact) mass is 473 g/mol. The Morgan fingerprint density at radius 1 is 0.941 bits per heavy atom. The van der Waals surface area contributed by atoms with Crippen LogP contribution in [0.5, 0.6) is 17.2 Å². The summed E-state index contributed by atoms with van der Waals surface area (Å²) in [5.74, 6) is 2.17. The molecule has 1 heterocycles. The largest absolute Gasteiger partial charge is 0.497 e. The number of benzene rings is 3. The Labute approximate surface area is 203 Å². The van der Waals surface area contributed by atoms with Gasteiger partial charge in [-0.3, -0.25) is 4.99 Å². The van der Waals surface area contributed by atoms with Crippen LogP contribution >= 0.6 is 11.3 Å². The molecule has 7 heteroatoms. The fraction of sp³-hybridized carbons (Fsp3) is 0.185. The number of thiazole rings is 1. The fourth-order valence-corrected chi connectivity index (χ4v) is 4.33. The summed E-state index contributed by atoms with van der Waals surface area (Å²) in [6.07, 6.45) is 1.80. The molecular weight excluding hydrogens is 446 g/mol. The molecule has 0 amide bonds. The minimum absolute atomic E-state index is 0.545. The maximum Gasteiger partial charge on any atom is 0.206 e. The molecular formula is C27H27N3O3S. The van der Waals surface area contributed by atoms with Crippen LogP contribution in [-0.2, 0) is 0 Å². The van der Waals surface area contributed by atoms with Crippen molar-refractivity contribution >= 4 is 28.3 Å². The first-order valence-electron chi connectivity index (χ1n) is 10.7. The van der Waals surface area contributed by atoms with Crippen molar-refractivity contribution in [3.8, 4) is 28.5 Å². The number of ether oxygens (including phenoxy) is 3. The van der Waals surface area contributed by atoms with Crippen LogP contribution < -0.4 is 19.0 Å². The zero-order valence-electron chi connectivity index (χ0n) is 19.7. The average Bonchev–Trinajstić information content (AvgIpc) is 3.27. The number of hydrogen-bond donors (Lipinski definition) is 0. The lowest BCUT2D eigenvalue weighted by molar-refractivity contribution is 0.355. The van der Waals surface area contributed by atoms with Gasteiger partial charge in [-0.15, -0.1) is 11.3 Å². The van der Waals surface area contributed by atoms with Crippen molar-refractivity contribution < 1.29 is 14.2 Å². The van der Waals surface area contributed by atoms with Crippen molar-refractivity contribution in [2.75, 3.05) is 27.9 Å². The molecule has 0 saturated heterocycles. The van der Waals surface area contributed by atoms with Crippen LogP contribution in [0.1, 0.15) is 12.5 Å². The van der Waals surface area contributed by atoms with Crippen LogP contribution in [0.15, 0.2) is 82.2 Å². The second kappa shape index (κ2) is 10.4. The normalized spacial score (nSPS) is 11.8. The number of rotatable bonds is 8. The van der Waals surface area contributed by atoms with E-state index in [4.69, 9.17) is 24.3 Å². The topological polar surface area (TPSA) is 57.3 Å². The Balaban J connectivity index is 1.79. The van der Waals surface area contributed by atoms with Gasteiger partial charge in [-0.2, -0.15) is 5.10 Å². The number of fused-ring (bicyclic) bond motifs is 1. The highest BCUT2D eigenvalue weighted by atomic mass is 32.1. The highest BCUT2D eigenvalue weighted by molar-refractivity contribution is 7.07. The van der Waals surface area contributed by atoms with Crippen molar-refractivity contribution in [3.05, 3.63) is 82.5 Å². The minimum Gasteiger partial charge on any atom is -0.497 e. The standard InChI is InChI=1S/C27H27N3O3S/c1-18(2)15-28-27-30(29-16-19-6-11-25(32-4)26(12-19)33-5)24(17-34-27)22-8-7-21-14-23(31-3)10-9-20(21)13-22/h6-14,16-17H,1,15H2,2-5H3. The van der Waals surface area contributed by atoms with E-state index in [1.165, 1.54) is 0 Å². The molecule has 34 heavy (non-hydrogen) atoms. The smallest absolute Gasteiger partial charge is 0.206 e. The van der Waals surface area contributed by atoms with Crippen molar-refractivity contribution in [1.82, 2.24) is 4.68 Å². The van der Waals surface area contributed by atoms with E-state index in [1.807, 2.05) is 41.9 Å². The molecule has 4 rings (SSSR count). The minimum atomic E-state index is 0.545. The second-order valence-corrected chi connectivity index (χ2v) is 8.61. The summed E-state index contributed by atoms with van der Waals surface area (Å²) in [7, 11) is 4.92. The molecule has 0 aliphatic rings. The fourth-order valence-electron chi connectivity index (χ4n) is 3.49. The highest BCUT2D eigenvalue weighted by Gasteiger charge is 2.10. The van der Waals surface area contributed by atoms with E-state index in [0.29, 0.717) is 18.0 Å². The molecule has 6 nitrogen and oxygen atoms in total. The number of aromatic nitrogens is 1. The third-order valence-corrected chi connectivity index (χ3v) is 6.10. The van der Waals surface area contributed by atoms with Gasteiger partial charge in [0.2, 0.25) is 4.80 Å². The highest BCUT2D eigenvalue weighted by Crippen LogP contribution is 2.29. The predicted octanol–water partition coefficient (Wildman–Crippen LogP) is 5.75. The van der Waals surface area contributed by atoms with E-state index in [9.17, 15) is 0 Å². The Hall–Kier alpha value is -3.84. The van der Waals surface area contributed by atoms with Crippen molar-refractivity contribution in [2.45, 2.75) is 6.92 Å². The van der Waals surface area contributed by atoms with Gasteiger partial charge >= 0.3 is 0 Å². The van der Waals surface area contributed by atoms with Gasteiger partial charge in [0.15, 0.2) is 11.5 Å². The maximum absolute atomic E-state index is 5.42. The summed E-state index contributed by atoms with van der Waals surface area (Å²) >= 11 is 1.55. The lowest BCUT2D eigenvalue weighted by Crippen LogP contribution is -2.13. The van der Waals surface area contributed by atoms with Crippen molar-refractivity contribution in [3.63, 3.8) is 0 Å². The van der Waals surface area contributed by atoms with Gasteiger partial charge in [-0.25, -0.2) is 4.68 Å². The van der Waals surface area contributed by atoms with Crippen molar-refractivity contribution in [2.24, 2.45) is 10.1 Å². The van der Waals surface area contributed by atoms with Gasteiger partial charge in [0.1, 0.15) is 5.75 Å². The third-order valence-electron chi connectivity index (χ3n) is 5.24. The van der Waals surface area contributed by atoms with E-state index < -0.39 is 0 Å². The van der Waals surface area contributed by atoms with Crippen LogP contribution in [0.25, 0.3) is 22.0 Å². The quantitative estimate of drug-likeness (QED) is 0.242. The van der Waals surface area contributed by atoms with Gasteiger partial charge in [-0.1, -0.05) is 30.4 Å². The summed E-state index contributed by atoms with van der Waals surface area (Å²) in [5, 5.41) is 9.11. The SMILES string of the molecule is C=C(C)CN=c1scc(-c2ccc3cc(OC)ccc3c2)n1N=Cc1ccc(OC)c(OC)c1. The molecule has 1 aromatic heterocycles. The third kappa shape index (κ3) is 5.05. The average molecular weight is 474 g/mol. The first-order valence-corrected chi connectivity index (χ1v) is 11.6. The van der Waals surface area contributed by atoms with Gasteiger partial charge in [-0.05, 0) is 59.7 Å². The molecule has 0 unspecified atom stereocenters. The Kier molecular flexibility index (Phi) is 7.13. The molecule has 0 radical (unpaired) electrons. The molecule has 174 valence electrons. The molecule has 0 fully saturated rings. The summed E-state index contributed by atoms with van der Waals surface area (Å²) in [5.41, 5.74) is 3.89. The van der Waals surface area contributed by atoms with E-state index in [1.54, 1.807) is 38.9 Å². The number of nitrogens with zero attached hydrogens (tertiary/aromatic N) is 3. The summed E-state index contributed by atoms with van der Waals surface area (Å²) < 4.78 is 18.0. The molecule has 0 bridgehead atoms. The van der Waals surface area contributed by atoms with Gasteiger partial charge in [0.05, 0.1) is 39.8 Å². The van der Waals surface area contributed by atoms with E-state index in [-0.39, 0.29) is 0 Å². The molecule has 0 saturated carbocycles. The van der Waals surface area contributed by atoms with Crippen molar-refractivity contribution in [1.29, 1.82) is 0 Å². The zero-order valence-corrected chi connectivity index (χ0v) is 20.6. The Morgan fingerprint density at radius 3 is 2.44 bits per heavy atom. The molecule has 4 aromatic rings. The molecule has 3 aromatic carbocycles. The van der Waals surface area contributed by atoms with E-state index >= 15 is 0 Å².